The molecule has 2 heterocycles. The summed E-state index contributed by atoms with van der Waals surface area (Å²) in [6, 6.07) is 8.24. The van der Waals surface area contributed by atoms with Crippen molar-refractivity contribution in [2.75, 3.05) is 18.4 Å². The fraction of sp³-hybridized carbons (Fsp3) is 0.357. The zero-order valence-corrected chi connectivity index (χ0v) is 12.3. The predicted octanol–water partition coefficient (Wildman–Crippen LogP) is 2.16. The maximum Gasteiger partial charge on any atom is 0.314 e. The summed E-state index contributed by atoms with van der Waals surface area (Å²) in [6.07, 6.45) is 1.83. The van der Waals surface area contributed by atoms with Crippen molar-refractivity contribution >= 4 is 23.3 Å². The van der Waals surface area contributed by atoms with E-state index in [-0.39, 0.29) is 6.03 Å². The number of urea groups is 1. The van der Waals surface area contributed by atoms with E-state index >= 15 is 0 Å². The average Bonchev–Trinajstić information content (AvgIpc) is 3.03. The van der Waals surface area contributed by atoms with E-state index in [1.807, 2.05) is 17.5 Å². The van der Waals surface area contributed by atoms with Crippen LogP contribution in [0.4, 0.5) is 10.5 Å². The lowest BCUT2D eigenvalue weighted by Crippen LogP contribution is -2.44. The number of carbonyl (C=O) groups is 1. The van der Waals surface area contributed by atoms with Gasteiger partial charge in [0, 0.05) is 35.8 Å². The van der Waals surface area contributed by atoms with Gasteiger partial charge in [-0.3, -0.25) is 0 Å². The van der Waals surface area contributed by atoms with Crippen molar-refractivity contribution in [3.8, 4) is 11.3 Å². The third-order valence-electron chi connectivity index (χ3n) is 3.72. The van der Waals surface area contributed by atoms with Crippen LogP contribution in [0.15, 0.2) is 29.6 Å². The third-order valence-corrected chi connectivity index (χ3v) is 4.22. The number of carbonyl (C=O) groups excluding carboxylic acids is 1. The van der Waals surface area contributed by atoms with Crippen molar-refractivity contribution in [3.05, 3.63) is 29.6 Å². The van der Waals surface area contributed by atoms with Gasteiger partial charge in [-0.25, -0.2) is 4.79 Å². The lowest BCUT2D eigenvalue weighted by molar-refractivity contribution is 0.193. The molecule has 6 nitrogen and oxygen atoms in total. The second-order valence-electron chi connectivity index (χ2n) is 5.11. The standard InChI is InChI=1S/C14H17N5OS/c15-14(20)19-7-5-12(6-8-19)16-11-3-1-10(2-4-11)13-9-21-18-17-13/h1-4,9,12,16H,5-8H2,(H2,15,20). The van der Waals surface area contributed by atoms with Gasteiger partial charge >= 0.3 is 6.03 Å². The Hall–Kier alpha value is -2.15. The van der Waals surface area contributed by atoms with Gasteiger partial charge in [0.1, 0.15) is 5.69 Å². The minimum atomic E-state index is -0.324. The van der Waals surface area contributed by atoms with Crippen LogP contribution in [-0.2, 0) is 0 Å². The summed E-state index contributed by atoms with van der Waals surface area (Å²) in [7, 11) is 0. The number of aromatic nitrogens is 2. The summed E-state index contributed by atoms with van der Waals surface area (Å²) in [5.74, 6) is 0. The predicted molar refractivity (Wildman–Crippen MR) is 83.1 cm³/mol. The fourth-order valence-electron chi connectivity index (χ4n) is 2.51. The molecule has 7 heteroatoms. The first kappa shape index (κ1) is 13.8. The molecule has 1 aliphatic heterocycles. The highest BCUT2D eigenvalue weighted by molar-refractivity contribution is 7.03. The SMILES string of the molecule is NC(=O)N1CCC(Nc2ccc(-c3csnn3)cc2)CC1. The number of rotatable bonds is 3. The smallest absolute Gasteiger partial charge is 0.314 e. The number of nitrogens with two attached hydrogens (primary N) is 1. The molecule has 1 fully saturated rings. The molecular formula is C14H17N5OS. The summed E-state index contributed by atoms with van der Waals surface area (Å²) in [5.41, 5.74) is 8.34. The first-order valence-electron chi connectivity index (χ1n) is 6.91. The van der Waals surface area contributed by atoms with Crippen molar-refractivity contribution < 1.29 is 4.79 Å². The van der Waals surface area contributed by atoms with E-state index in [0.29, 0.717) is 6.04 Å². The molecule has 2 amide bonds. The average molecular weight is 303 g/mol. The number of primary amides is 1. The van der Waals surface area contributed by atoms with Crippen molar-refractivity contribution in [1.29, 1.82) is 0 Å². The minimum absolute atomic E-state index is 0.324. The molecule has 1 aromatic heterocycles. The summed E-state index contributed by atoms with van der Waals surface area (Å²) in [4.78, 5) is 12.8. The molecule has 1 saturated heterocycles. The quantitative estimate of drug-likeness (QED) is 0.910. The Labute approximate surface area is 127 Å². The van der Waals surface area contributed by atoms with Crippen LogP contribution < -0.4 is 11.1 Å². The molecule has 0 unspecified atom stereocenters. The molecule has 0 radical (unpaired) electrons. The van der Waals surface area contributed by atoms with Crippen LogP contribution in [0.2, 0.25) is 0 Å². The van der Waals surface area contributed by atoms with Crippen LogP contribution in [0.3, 0.4) is 0 Å². The monoisotopic (exact) mass is 303 g/mol. The van der Waals surface area contributed by atoms with Crippen LogP contribution in [0, 0.1) is 0 Å². The van der Waals surface area contributed by atoms with E-state index in [9.17, 15) is 4.79 Å². The van der Waals surface area contributed by atoms with E-state index in [4.69, 9.17) is 5.73 Å². The third kappa shape index (κ3) is 3.30. The minimum Gasteiger partial charge on any atom is -0.382 e. The lowest BCUT2D eigenvalue weighted by atomic mass is 10.0. The number of hydrogen-bond acceptors (Lipinski definition) is 5. The zero-order valence-electron chi connectivity index (χ0n) is 11.5. The summed E-state index contributed by atoms with van der Waals surface area (Å²) in [5, 5.41) is 9.49. The molecule has 110 valence electrons. The highest BCUT2D eigenvalue weighted by Crippen LogP contribution is 2.22. The number of hydrogen-bond donors (Lipinski definition) is 2. The normalized spacial score (nSPS) is 15.9. The summed E-state index contributed by atoms with van der Waals surface area (Å²) in [6.45, 7) is 1.44. The zero-order chi connectivity index (χ0) is 14.7. The maximum atomic E-state index is 11.1. The van der Waals surface area contributed by atoms with Crippen molar-refractivity contribution in [2.24, 2.45) is 5.73 Å². The Balaban J connectivity index is 1.58. The van der Waals surface area contributed by atoms with E-state index in [0.717, 1.165) is 42.9 Å². The second kappa shape index (κ2) is 6.09. The van der Waals surface area contributed by atoms with Gasteiger partial charge in [-0.1, -0.05) is 16.6 Å². The Morgan fingerprint density at radius 1 is 1.29 bits per heavy atom. The van der Waals surface area contributed by atoms with Gasteiger partial charge in [-0.15, -0.1) is 5.10 Å². The van der Waals surface area contributed by atoms with Crippen LogP contribution in [0.5, 0.6) is 0 Å². The molecule has 0 spiro atoms. The van der Waals surface area contributed by atoms with E-state index < -0.39 is 0 Å². The highest BCUT2D eigenvalue weighted by Gasteiger charge is 2.20. The van der Waals surface area contributed by atoms with Gasteiger partial charge in [-0.2, -0.15) is 0 Å². The summed E-state index contributed by atoms with van der Waals surface area (Å²) >= 11 is 1.35. The van der Waals surface area contributed by atoms with E-state index in [2.05, 4.69) is 27.0 Å². The Bertz CT molecular complexity index is 590. The Morgan fingerprint density at radius 3 is 2.57 bits per heavy atom. The molecule has 0 bridgehead atoms. The Kier molecular flexibility index (Phi) is 4.01. The van der Waals surface area contributed by atoms with Gasteiger partial charge in [0.25, 0.3) is 0 Å². The topological polar surface area (TPSA) is 84.1 Å². The van der Waals surface area contributed by atoms with Crippen molar-refractivity contribution in [1.82, 2.24) is 14.5 Å². The molecule has 1 aliphatic rings. The highest BCUT2D eigenvalue weighted by atomic mass is 32.1. The van der Waals surface area contributed by atoms with Crippen LogP contribution >= 0.6 is 11.5 Å². The molecule has 0 aliphatic carbocycles. The second-order valence-corrected chi connectivity index (χ2v) is 5.72. The number of piperidine rings is 1. The number of nitrogens with one attached hydrogen (secondary N) is 1. The number of nitrogens with zero attached hydrogens (tertiary/aromatic N) is 3. The molecule has 1 aromatic carbocycles. The Morgan fingerprint density at radius 2 is 2.00 bits per heavy atom. The van der Waals surface area contributed by atoms with Crippen molar-refractivity contribution in [3.63, 3.8) is 0 Å². The first-order chi connectivity index (χ1) is 10.2. The van der Waals surface area contributed by atoms with Gasteiger partial charge in [0.2, 0.25) is 0 Å². The lowest BCUT2D eigenvalue weighted by Gasteiger charge is -2.31. The number of anilines is 1. The number of amides is 2. The molecule has 3 rings (SSSR count). The maximum absolute atomic E-state index is 11.1. The van der Waals surface area contributed by atoms with E-state index in [1.54, 1.807) is 4.90 Å². The summed E-state index contributed by atoms with van der Waals surface area (Å²) < 4.78 is 3.87. The van der Waals surface area contributed by atoms with Gasteiger partial charge < -0.3 is 16.0 Å². The van der Waals surface area contributed by atoms with Crippen LogP contribution in [0.25, 0.3) is 11.3 Å². The van der Waals surface area contributed by atoms with Gasteiger partial charge in [0.05, 0.1) is 0 Å². The van der Waals surface area contributed by atoms with Gasteiger partial charge in [-0.05, 0) is 36.5 Å². The number of benzene rings is 1. The molecule has 21 heavy (non-hydrogen) atoms. The molecule has 0 atom stereocenters. The molecule has 2 aromatic rings. The molecule has 3 N–H and O–H groups in total. The van der Waals surface area contributed by atoms with Crippen LogP contribution in [0.1, 0.15) is 12.8 Å². The molecule has 0 saturated carbocycles. The van der Waals surface area contributed by atoms with E-state index in [1.165, 1.54) is 11.5 Å². The fourth-order valence-corrected chi connectivity index (χ4v) is 2.97. The first-order valence-corrected chi connectivity index (χ1v) is 7.74. The van der Waals surface area contributed by atoms with Gasteiger partial charge in [0.15, 0.2) is 0 Å². The number of likely N-dealkylation sites (tertiary alicyclic amines) is 1. The van der Waals surface area contributed by atoms with Crippen LogP contribution in [-0.4, -0.2) is 39.6 Å². The molecular weight excluding hydrogens is 286 g/mol. The largest absolute Gasteiger partial charge is 0.382 e. The van der Waals surface area contributed by atoms with Crippen molar-refractivity contribution in [2.45, 2.75) is 18.9 Å².